The first kappa shape index (κ1) is 26.5. The first-order valence-electron chi connectivity index (χ1n) is 12.3. The molecule has 7 nitrogen and oxygen atoms in total. The van der Waals surface area contributed by atoms with Crippen molar-refractivity contribution < 1.29 is 28.6 Å². The number of Topliss-reactive ketones (excluding diaryl/α,β-unsaturated/α-hetero) is 1. The van der Waals surface area contributed by atoms with Crippen LogP contribution in [0.5, 0.6) is 5.75 Å². The lowest BCUT2D eigenvalue weighted by Gasteiger charge is -2.39. The van der Waals surface area contributed by atoms with Crippen LogP contribution in [0.3, 0.4) is 0 Å². The molecule has 2 aromatic carbocycles. The first-order chi connectivity index (χ1) is 17.8. The van der Waals surface area contributed by atoms with E-state index in [0.717, 1.165) is 5.56 Å². The summed E-state index contributed by atoms with van der Waals surface area (Å²) in [6, 6.07) is 14.4. The molecule has 0 amide bonds. The van der Waals surface area contributed by atoms with Crippen molar-refractivity contribution in [1.29, 1.82) is 0 Å². The Bertz CT molecular complexity index is 1280. The van der Waals surface area contributed by atoms with Crippen LogP contribution in [-0.2, 0) is 23.9 Å². The molecule has 0 saturated heterocycles. The second-order valence-corrected chi connectivity index (χ2v) is 9.32. The summed E-state index contributed by atoms with van der Waals surface area (Å²) in [6.07, 6.45) is 0.366. The summed E-state index contributed by atoms with van der Waals surface area (Å²) in [5, 5.41) is 3.70. The maximum atomic E-state index is 14.3. The van der Waals surface area contributed by atoms with Crippen molar-refractivity contribution in [1.82, 2.24) is 5.32 Å². The maximum Gasteiger partial charge on any atom is 0.336 e. The molecule has 0 fully saturated rings. The van der Waals surface area contributed by atoms with Gasteiger partial charge in [-0.25, -0.2) is 4.79 Å². The van der Waals surface area contributed by atoms with Crippen LogP contribution >= 0.6 is 11.6 Å². The number of allylic oxidation sites excluding steroid dienone is 3. The van der Waals surface area contributed by atoms with Crippen molar-refractivity contribution in [2.24, 2.45) is 5.92 Å². The third kappa shape index (κ3) is 5.01. The number of benzene rings is 2. The van der Waals surface area contributed by atoms with Gasteiger partial charge in [0.05, 0.1) is 25.9 Å². The van der Waals surface area contributed by atoms with Crippen LogP contribution in [0.15, 0.2) is 71.1 Å². The van der Waals surface area contributed by atoms with Gasteiger partial charge in [-0.1, -0.05) is 41.9 Å². The van der Waals surface area contributed by atoms with Crippen LogP contribution in [-0.4, -0.2) is 38.0 Å². The standard InChI is InChI=1S/C29H30ClNO6/c1-5-36-28(33)23-16(3)31-22-15-20(17-11-13-18(35-4)14-12-17)25(29(34)37-6-2)27(32)26(22)24(23)19-9-7-8-10-21(19)30/h7-14,20,24-25,31H,5-6,15H2,1-4H3/t20-,24+,25-/m0/s1. The Morgan fingerprint density at radius 3 is 2.32 bits per heavy atom. The summed E-state index contributed by atoms with van der Waals surface area (Å²) < 4.78 is 16.0. The van der Waals surface area contributed by atoms with E-state index in [1.165, 1.54) is 0 Å². The molecule has 194 valence electrons. The minimum Gasteiger partial charge on any atom is -0.497 e. The number of hydrogen-bond acceptors (Lipinski definition) is 7. The second-order valence-electron chi connectivity index (χ2n) is 8.91. The summed E-state index contributed by atoms with van der Waals surface area (Å²) in [5.41, 5.74) is 3.28. The Balaban J connectivity index is 1.90. The number of esters is 2. The molecule has 0 saturated carbocycles. The highest BCUT2D eigenvalue weighted by atomic mass is 35.5. The van der Waals surface area contributed by atoms with Crippen LogP contribution in [0.4, 0.5) is 0 Å². The molecule has 1 heterocycles. The number of methoxy groups -OCH3 is 1. The second kappa shape index (κ2) is 11.2. The molecule has 3 atom stereocenters. The SMILES string of the molecule is CCOC(=O)C1=C(C)NC2=C(C(=O)[C@@H](C(=O)OCC)[C@H](c3ccc(OC)cc3)C2)[C@@H]1c1ccccc1Cl. The normalized spacial score (nSPS) is 21.2. The molecular weight excluding hydrogens is 494 g/mol. The summed E-state index contributed by atoms with van der Waals surface area (Å²) in [4.78, 5) is 40.7. The number of rotatable bonds is 7. The Labute approximate surface area is 221 Å². The number of nitrogens with one attached hydrogen (secondary N) is 1. The van der Waals surface area contributed by atoms with E-state index in [9.17, 15) is 14.4 Å². The average molecular weight is 524 g/mol. The van der Waals surface area contributed by atoms with Gasteiger partial charge < -0.3 is 19.5 Å². The van der Waals surface area contributed by atoms with Crippen molar-refractivity contribution in [2.75, 3.05) is 20.3 Å². The molecule has 1 aliphatic carbocycles. The molecule has 1 N–H and O–H groups in total. The van der Waals surface area contributed by atoms with Gasteiger partial charge in [0.2, 0.25) is 0 Å². The van der Waals surface area contributed by atoms with E-state index in [-0.39, 0.29) is 13.2 Å². The molecule has 0 aromatic heterocycles. The predicted octanol–water partition coefficient (Wildman–Crippen LogP) is 5.06. The van der Waals surface area contributed by atoms with Gasteiger partial charge >= 0.3 is 11.9 Å². The van der Waals surface area contributed by atoms with E-state index in [0.29, 0.717) is 45.3 Å². The summed E-state index contributed by atoms with van der Waals surface area (Å²) in [7, 11) is 1.58. The monoisotopic (exact) mass is 523 g/mol. The molecule has 2 aromatic rings. The zero-order valence-electron chi connectivity index (χ0n) is 21.3. The Morgan fingerprint density at radius 1 is 1.03 bits per heavy atom. The highest BCUT2D eigenvalue weighted by Crippen LogP contribution is 2.49. The maximum absolute atomic E-state index is 14.3. The van der Waals surface area contributed by atoms with Crippen LogP contribution in [0.25, 0.3) is 0 Å². The van der Waals surface area contributed by atoms with Gasteiger partial charge in [0.15, 0.2) is 5.78 Å². The molecule has 4 rings (SSSR count). The Morgan fingerprint density at radius 2 is 1.70 bits per heavy atom. The smallest absolute Gasteiger partial charge is 0.336 e. The van der Waals surface area contributed by atoms with Crippen LogP contribution in [0, 0.1) is 5.92 Å². The van der Waals surface area contributed by atoms with Crippen molar-refractivity contribution in [3.05, 3.63) is 87.2 Å². The Kier molecular flexibility index (Phi) is 8.03. The van der Waals surface area contributed by atoms with Crippen molar-refractivity contribution >= 4 is 29.3 Å². The molecule has 0 unspecified atom stereocenters. The van der Waals surface area contributed by atoms with Gasteiger partial charge in [-0.15, -0.1) is 0 Å². The lowest BCUT2D eigenvalue weighted by atomic mass is 9.67. The fourth-order valence-electron chi connectivity index (χ4n) is 5.20. The first-order valence-corrected chi connectivity index (χ1v) is 12.7. The highest BCUT2D eigenvalue weighted by molar-refractivity contribution is 6.31. The van der Waals surface area contributed by atoms with Crippen LogP contribution in [0.2, 0.25) is 5.02 Å². The van der Waals surface area contributed by atoms with Gasteiger partial charge in [0, 0.05) is 33.8 Å². The fraction of sp³-hybridized carbons (Fsp3) is 0.345. The summed E-state index contributed by atoms with van der Waals surface area (Å²) in [6.45, 7) is 5.53. The van der Waals surface area contributed by atoms with Crippen LogP contribution in [0.1, 0.15) is 50.2 Å². The number of ether oxygens (including phenoxy) is 3. The van der Waals surface area contributed by atoms with Crippen molar-refractivity contribution in [3.63, 3.8) is 0 Å². The topological polar surface area (TPSA) is 90.9 Å². The Hall–Kier alpha value is -3.58. The molecule has 8 heteroatoms. The average Bonchev–Trinajstić information content (AvgIpc) is 2.88. The number of dihydropyridines is 1. The van der Waals surface area contributed by atoms with Crippen LogP contribution < -0.4 is 10.1 Å². The third-order valence-electron chi connectivity index (χ3n) is 6.82. The number of ketones is 1. The number of halogens is 1. The zero-order chi connectivity index (χ0) is 26.7. The van der Waals surface area contributed by atoms with E-state index in [4.69, 9.17) is 25.8 Å². The van der Waals surface area contributed by atoms with Gasteiger partial charge in [-0.05, 0) is 56.5 Å². The molecule has 2 aliphatic rings. The molecule has 0 radical (unpaired) electrons. The number of hydrogen-bond donors (Lipinski definition) is 1. The quantitative estimate of drug-likeness (QED) is 0.400. The molecule has 0 spiro atoms. The largest absolute Gasteiger partial charge is 0.497 e. The van der Waals surface area contributed by atoms with Gasteiger partial charge in [-0.3, -0.25) is 9.59 Å². The van der Waals surface area contributed by atoms with E-state index < -0.39 is 35.5 Å². The van der Waals surface area contributed by atoms with Gasteiger partial charge in [0.25, 0.3) is 0 Å². The van der Waals surface area contributed by atoms with E-state index in [1.54, 1.807) is 64.3 Å². The van der Waals surface area contributed by atoms with Gasteiger partial charge in [-0.2, -0.15) is 0 Å². The molecule has 37 heavy (non-hydrogen) atoms. The van der Waals surface area contributed by atoms with Crippen molar-refractivity contribution in [3.8, 4) is 5.75 Å². The van der Waals surface area contributed by atoms with E-state index >= 15 is 0 Å². The zero-order valence-corrected chi connectivity index (χ0v) is 22.1. The predicted molar refractivity (Wildman–Crippen MR) is 139 cm³/mol. The molecule has 1 aliphatic heterocycles. The minimum absolute atomic E-state index is 0.142. The minimum atomic E-state index is -1.08. The number of carbonyl (C=O) groups is 3. The lowest BCUT2D eigenvalue weighted by Crippen LogP contribution is -2.43. The fourth-order valence-corrected chi connectivity index (χ4v) is 5.45. The highest BCUT2D eigenvalue weighted by Gasteiger charge is 2.49. The number of carbonyl (C=O) groups excluding carboxylic acids is 3. The third-order valence-corrected chi connectivity index (χ3v) is 7.16. The summed E-state index contributed by atoms with van der Waals surface area (Å²) in [5.74, 6) is -3.19. The van der Waals surface area contributed by atoms with E-state index in [2.05, 4.69) is 5.32 Å². The summed E-state index contributed by atoms with van der Waals surface area (Å²) >= 11 is 6.60. The lowest BCUT2D eigenvalue weighted by molar-refractivity contribution is -0.152. The van der Waals surface area contributed by atoms with Gasteiger partial charge in [0.1, 0.15) is 11.7 Å². The van der Waals surface area contributed by atoms with E-state index in [1.807, 2.05) is 12.1 Å². The van der Waals surface area contributed by atoms with Crippen molar-refractivity contribution in [2.45, 2.75) is 39.0 Å². The molecule has 0 bridgehead atoms. The molecular formula is C29H30ClNO6.